The smallest absolute Gasteiger partial charge is 0.331 e. The third-order valence-electron chi connectivity index (χ3n) is 3.14. The van der Waals surface area contributed by atoms with E-state index in [1.54, 1.807) is 25.2 Å². The largest absolute Gasteiger partial charge is 0.478 e. The standard InChI is InChI=1S/C12H12O2.C11H9N/c1-10(12(13)14)6-5-9-11-7-3-2-4-8-11;12-10-6-2-5-9-11-7-3-1-4-8-11/h2-9H,1H3,(H,13,14);1-9H. The number of carbonyl (C=O) groups is 1. The maximum atomic E-state index is 10.4. The summed E-state index contributed by atoms with van der Waals surface area (Å²) >= 11 is 0. The monoisotopic (exact) mass is 343 g/mol. The van der Waals surface area contributed by atoms with E-state index in [1.165, 1.54) is 6.08 Å². The second-order valence-corrected chi connectivity index (χ2v) is 5.18. The Kier molecular flexibility index (Phi) is 10.0. The van der Waals surface area contributed by atoms with Gasteiger partial charge in [0.25, 0.3) is 0 Å². The molecule has 2 aromatic carbocycles. The molecule has 0 aliphatic carbocycles. The quantitative estimate of drug-likeness (QED) is 0.442. The highest BCUT2D eigenvalue weighted by Gasteiger charge is 1.95. The molecule has 130 valence electrons. The van der Waals surface area contributed by atoms with E-state index < -0.39 is 5.97 Å². The van der Waals surface area contributed by atoms with Crippen LogP contribution in [0.25, 0.3) is 12.2 Å². The summed E-state index contributed by atoms with van der Waals surface area (Å²) in [4.78, 5) is 10.4. The number of nitriles is 1. The van der Waals surface area contributed by atoms with Gasteiger partial charge in [-0.1, -0.05) is 97.1 Å². The maximum absolute atomic E-state index is 10.4. The predicted molar refractivity (Wildman–Crippen MR) is 107 cm³/mol. The second kappa shape index (κ2) is 12.7. The molecule has 3 heteroatoms. The fourth-order valence-corrected chi connectivity index (χ4v) is 1.77. The van der Waals surface area contributed by atoms with Crippen LogP contribution in [0.15, 0.2) is 96.6 Å². The highest BCUT2D eigenvalue weighted by atomic mass is 16.4. The molecule has 0 fully saturated rings. The second-order valence-electron chi connectivity index (χ2n) is 5.18. The molecule has 0 saturated carbocycles. The third kappa shape index (κ3) is 9.49. The van der Waals surface area contributed by atoms with Crippen molar-refractivity contribution in [3.63, 3.8) is 0 Å². The molecule has 2 aromatic rings. The van der Waals surface area contributed by atoms with Gasteiger partial charge in [-0.05, 0) is 18.1 Å². The van der Waals surface area contributed by atoms with Crippen LogP contribution in [-0.4, -0.2) is 11.1 Å². The minimum atomic E-state index is -0.886. The van der Waals surface area contributed by atoms with E-state index in [4.69, 9.17) is 10.4 Å². The van der Waals surface area contributed by atoms with E-state index in [-0.39, 0.29) is 0 Å². The SMILES string of the molecule is CC(=CC=Cc1ccccc1)C(=O)O.N#CC=CC=Cc1ccccc1. The molecule has 0 bridgehead atoms. The van der Waals surface area contributed by atoms with Crippen molar-refractivity contribution in [2.45, 2.75) is 6.92 Å². The van der Waals surface area contributed by atoms with Crippen molar-refractivity contribution in [3.8, 4) is 6.07 Å². The van der Waals surface area contributed by atoms with Gasteiger partial charge in [0.05, 0.1) is 6.07 Å². The molecule has 2 rings (SSSR count). The van der Waals surface area contributed by atoms with Crippen LogP contribution in [0.2, 0.25) is 0 Å². The zero-order valence-corrected chi connectivity index (χ0v) is 14.6. The number of carboxylic acid groups (broad SMARTS) is 1. The molecule has 0 radical (unpaired) electrons. The van der Waals surface area contributed by atoms with Crippen LogP contribution in [0.5, 0.6) is 0 Å². The average molecular weight is 343 g/mol. The molecule has 3 nitrogen and oxygen atoms in total. The van der Waals surface area contributed by atoms with Gasteiger partial charge in [-0.25, -0.2) is 4.79 Å². The van der Waals surface area contributed by atoms with Crippen LogP contribution in [-0.2, 0) is 4.79 Å². The van der Waals surface area contributed by atoms with Crippen molar-refractivity contribution >= 4 is 18.1 Å². The third-order valence-corrected chi connectivity index (χ3v) is 3.14. The van der Waals surface area contributed by atoms with Crippen LogP contribution < -0.4 is 0 Å². The lowest BCUT2D eigenvalue weighted by molar-refractivity contribution is -0.132. The predicted octanol–water partition coefficient (Wildman–Crippen LogP) is 5.51. The van der Waals surface area contributed by atoms with Gasteiger partial charge in [0.1, 0.15) is 0 Å². The Bertz CT molecular complexity index is 824. The number of hydrogen-bond acceptors (Lipinski definition) is 2. The van der Waals surface area contributed by atoms with Crippen LogP contribution in [0.1, 0.15) is 18.1 Å². The molecular formula is C23H21NO2. The number of rotatable bonds is 5. The van der Waals surface area contributed by atoms with Gasteiger partial charge < -0.3 is 5.11 Å². The molecule has 0 heterocycles. The van der Waals surface area contributed by atoms with Gasteiger partial charge in [0.15, 0.2) is 0 Å². The van der Waals surface area contributed by atoms with Crippen molar-refractivity contribution in [2.75, 3.05) is 0 Å². The zero-order chi connectivity index (χ0) is 19.0. The molecule has 0 aromatic heterocycles. The van der Waals surface area contributed by atoms with Gasteiger partial charge in [0.2, 0.25) is 0 Å². The number of aliphatic carboxylic acids is 1. The Hall–Kier alpha value is -3.64. The van der Waals surface area contributed by atoms with Crippen LogP contribution in [0.3, 0.4) is 0 Å². The summed E-state index contributed by atoms with van der Waals surface area (Å²) in [5, 5.41) is 16.8. The normalized spacial score (nSPS) is 11.3. The topological polar surface area (TPSA) is 61.1 Å². The van der Waals surface area contributed by atoms with Gasteiger partial charge in [-0.3, -0.25) is 0 Å². The van der Waals surface area contributed by atoms with Crippen molar-refractivity contribution in [3.05, 3.63) is 108 Å². The first kappa shape index (κ1) is 20.4. The summed E-state index contributed by atoms with van der Waals surface area (Å²) < 4.78 is 0. The summed E-state index contributed by atoms with van der Waals surface area (Å²) in [6.45, 7) is 1.57. The first-order valence-electron chi connectivity index (χ1n) is 8.04. The van der Waals surface area contributed by atoms with Crippen LogP contribution in [0, 0.1) is 11.3 Å². The first-order chi connectivity index (χ1) is 12.6. The summed E-state index contributed by atoms with van der Waals surface area (Å²) in [6, 6.07) is 21.6. The minimum Gasteiger partial charge on any atom is -0.478 e. The van der Waals surface area contributed by atoms with Crippen LogP contribution in [0.4, 0.5) is 0 Å². The fraction of sp³-hybridized carbons (Fsp3) is 0.0435. The number of nitrogens with zero attached hydrogens (tertiary/aromatic N) is 1. The highest BCUT2D eigenvalue weighted by Crippen LogP contribution is 2.02. The molecule has 0 aliphatic heterocycles. The summed E-state index contributed by atoms with van der Waals surface area (Å²) in [6.07, 6.45) is 12.1. The summed E-state index contributed by atoms with van der Waals surface area (Å²) in [5.41, 5.74) is 2.53. The molecule has 0 aliphatic rings. The number of hydrogen-bond donors (Lipinski definition) is 1. The van der Waals surface area contributed by atoms with E-state index in [2.05, 4.69) is 0 Å². The van der Waals surface area contributed by atoms with Gasteiger partial charge in [-0.2, -0.15) is 5.26 Å². The molecule has 26 heavy (non-hydrogen) atoms. The van der Waals surface area contributed by atoms with E-state index >= 15 is 0 Å². The van der Waals surface area contributed by atoms with Gasteiger partial charge >= 0.3 is 5.97 Å². The highest BCUT2D eigenvalue weighted by molar-refractivity contribution is 5.86. The Morgan fingerprint density at radius 3 is 1.85 bits per heavy atom. The van der Waals surface area contributed by atoms with Crippen molar-refractivity contribution in [2.24, 2.45) is 0 Å². The lowest BCUT2D eigenvalue weighted by Gasteiger charge is -1.90. The lowest BCUT2D eigenvalue weighted by Crippen LogP contribution is -1.94. The maximum Gasteiger partial charge on any atom is 0.331 e. The lowest BCUT2D eigenvalue weighted by atomic mass is 10.2. The molecule has 0 spiro atoms. The number of allylic oxidation sites excluding steroid dienone is 5. The van der Waals surface area contributed by atoms with Crippen molar-refractivity contribution in [1.29, 1.82) is 5.26 Å². The van der Waals surface area contributed by atoms with Gasteiger partial charge in [-0.15, -0.1) is 0 Å². The molecule has 0 unspecified atom stereocenters. The molecule has 1 N–H and O–H groups in total. The van der Waals surface area contributed by atoms with Crippen molar-refractivity contribution in [1.82, 2.24) is 0 Å². The number of benzene rings is 2. The first-order valence-corrected chi connectivity index (χ1v) is 8.04. The van der Waals surface area contributed by atoms with Gasteiger partial charge in [0, 0.05) is 11.6 Å². The van der Waals surface area contributed by atoms with Crippen molar-refractivity contribution < 1.29 is 9.90 Å². The molecule has 0 saturated heterocycles. The van der Waals surface area contributed by atoms with E-state index in [0.717, 1.165) is 11.1 Å². The Labute approximate surface area is 154 Å². The van der Waals surface area contributed by atoms with E-state index in [9.17, 15) is 4.79 Å². The van der Waals surface area contributed by atoms with E-state index in [0.29, 0.717) is 5.57 Å². The fourth-order valence-electron chi connectivity index (χ4n) is 1.77. The summed E-state index contributed by atoms with van der Waals surface area (Å²) in [5.74, 6) is -0.886. The molecular weight excluding hydrogens is 322 g/mol. The molecule has 0 amide bonds. The zero-order valence-electron chi connectivity index (χ0n) is 14.6. The van der Waals surface area contributed by atoms with Crippen LogP contribution >= 0.6 is 0 Å². The minimum absolute atomic E-state index is 0.331. The average Bonchev–Trinajstić information content (AvgIpc) is 2.67. The molecule has 0 atom stereocenters. The van der Waals surface area contributed by atoms with E-state index in [1.807, 2.05) is 85.0 Å². The Balaban J connectivity index is 0.000000263. The number of carboxylic acids is 1. The Morgan fingerprint density at radius 1 is 0.885 bits per heavy atom. The summed E-state index contributed by atoms with van der Waals surface area (Å²) in [7, 11) is 0. The Morgan fingerprint density at radius 2 is 1.38 bits per heavy atom.